The van der Waals surface area contributed by atoms with Crippen LogP contribution in [0.2, 0.25) is 0 Å². The molecule has 40 heavy (non-hydrogen) atoms. The highest BCUT2D eigenvalue weighted by Gasteiger charge is 2.46. The van der Waals surface area contributed by atoms with E-state index >= 15 is 0 Å². The fourth-order valence-corrected chi connectivity index (χ4v) is 7.61. The van der Waals surface area contributed by atoms with Gasteiger partial charge in [0.15, 0.2) is 0 Å². The van der Waals surface area contributed by atoms with Gasteiger partial charge in [-0.25, -0.2) is 0 Å². The number of nitrogens with zero attached hydrogens (tertiary/aromatic N) is 1. The Labute approximate surface area is 267 Å². The van der Waals surface area contributed by atoms with E-state index in [0.29, 0.717) is 5.54 Å². The molecule has 2 heteroatoms. The molecule has 0 aliphatic carbocycles. The summed E-state index contributed by atoms with van der Waals surface area (Å²) < 4.78 is 1.43. The van der Waals surface area contributed by atoms with Crippen LogP contribution in [0.5, 0.6) is 0 Å². The smallest absolute Gasteiger partial charge is 0.0992 e. The van der Waals surface area contributed by atoms with E-state index in [-0.39, 0.29) is 17.0 Å². The molecule has 0 heterocycles. The first-order valence-corrected chi connectivity index (χ1v) is 19.0. The predicted molar refractivity (Wildman–Crippen MR) is 191 cm³/mol. The van der Waals surface area contributed by atoms with Gasteiger partial charge in [-0.05, 0) is 46.0 Å². The Hall–Kier alpha value is 0.440. The van der Waals surface area contributed by atoms with Crippen molar-refractivity contribution in [2.75, 3.05) is 19.6 Å². The Morgan fingerprint density at radius 3 is 0.850 bits per heavy atom. The molecule has 0 N–H and O–H groups in total. The van der Waals surface area contributed by atoms with E-state index in [1.165, 1.54) is 204 Å². The highest BCUT2D eigenvalue weighted by molar-refractivity contribution is 8.93. The Balaban J connectivity index is 0. The second-order valence-corrected chi connectivity index (χ2v) is 13.4. The van der Waals surface area contributed by atoms with Gasteiger partial charge < -0.3 is 4.48 Å². The predicted octanol–water partition coefficient (Wildman–Crippen LogP) is 14.2. The maximum Gasteiger partial charge on any atom is 0.0992 e. The molecule has 0 saturated heterocycles. The van der Waals surface area contributed by atoms with E-state index in [1.807, 2.05) is 0 Å². The van der Waals surface area contributed by atoms with Gasteiger partial charge in [0.1, 0.15) is 0 Å². The van der Waals surface area contributed by atoms with Crippen molar-refractivity contribution in [2.45, 2.75) is 227 Å². The summed E-state index contributed by atoms with van der Waals surface area (Å²) in [6.07, 6.45) is 40.6. The van der Waals surface area contributed by atoms with Gasteiger partial charge in [0, 0.05) is 19.3 Å². The van der Waals surface area contributed by atoms with Crippen LogP contribution in [0.1, 0.15) is 221 Å². The van der Waals surface area contributed by atoms with Crippen LogP contribution in [0.4, 0.5) is 0 Å². The molecule has 0 aliphatic rings. The van der Waals surface area contributed by atoms with Crippen molar-refractivity contribution in [3.8, 4) is 0 Å². The summed E-state index contributed by atoms with van der Waals surface area (Å²) >= 11 is 0. The minimum absolute atomic E-state index is 0. The quantitative estimate of drug-likeness (QED) is 0.0512. The Bertz CT molecular complexity index is 456. The van der Waals surface area contributed by atoms with E-state index in [1.54, 1.807) is 0 Å². The van der Waals surface area contributed by atoms with E-state index in [9.17, 15) is 0 Å². The fraction of sp³-hybridized carbons (Fsp3) is 1.00. The zero-order chi connectivity index (χ0) is 28.9. The number of quaternary nitrogens is 1. The molecule has 0 radical (unpaired) electrons. The summed E-state index contributed by atoms with van der Waals surface area (Å²) in [4.78, 5) is 0. The lowest BCUT2D eigenvalue weighted by Crippen LogP contribution is -2.64. The molecule has 0 atom stereocenters. The molecule has 0 aromatic heterocycles. The van der Waals surface area contributed by atoms with Crippen molar-refractivity contribution in [3.63, 3.8) is 0 Å². The summed E-state index contributed by atoms with van der Waals surface area (Å²) in [5.41, 5.74) is 0.534. The summed E-state index contributed by atoms with van der Waals surface area (Å²) in [7, 11) is 0. The maximum absolute atomic E-state index is 2.56. The second kappa shape index (κ2) is 30.9. The molecule has 0 spiro atoms. The Morgan fingerprint density at radius 1 is 0.325 bits per heavy atom. The van der Waals surface area contributed by atoms with E-state index in [0.717, 1.165) is 0 Å². The lowest BCUT2D eigenvalue weighted by atomic mass is 9.77. The van der Waals surface area contributed by atoms with Crippen molar-refractivity contribution in [3.05, 3.63) is 0 Å². The first-order chi connectivity index (χ1) is 19.1. The largest absolute Gasteiger partial charge is 0.319 e. The molecule has 0 amide bonds. The average molecular weight is 632 g/mol. The molecule has 0 unspecified atom stereocenters. The maximum atomic E-state index is 2.56. The highest BCUT2D eigenvalue weighted by atomic mass is 79.9. The summed E-state index contributed by atoms with van der Waals surface area (Å²) in [5, 5.41) is 0. The van der Waals surface area contributed by atoms with Gasteiger partial charge in [-0.1, -0.05) is 156 Å². The minimum Gasteiger partial charge on any atom is -0.319 e. The van der Waals surface area contributed by atoms with Crippen LogP contribution < -0.4 is 0 Å². The standard InChI is InChI=1S/C38H80N.BrH/c1-7-13-17-21-25-28-32-36-38(34-30-26-22-18-14-8-2,35-31-27-23-19-15-9-3)39(11-5,12-6)37-33-29-24-20-16-10-4;/h7-37H2,1-6H3;1H/q+1;. The molecule has 0 saturated carbocycles. The monoisotopic (exact) mass is 631 g/mol. The minimum atomic E-state index is 0. The third kappa shape index (κ3) is 19.6. The topological polar surface area (TPSA) is 0 Å². The van der Waals surface area contributed by atoms with Gasteiger partial charge in [-0.15, -0.1) is 17.0 Å². The van der Waals surface area contributed by atoms with Crippen LogP contribution in [0.25, 0.3) is 0 Å². The van der Waals surface area contributed by atoms with Crippen molar-refractivity contribution >= 4 is 17.0 Å². The average Bonchev–Trinajstić information content (AvgIpc) is 2.95. The molecule has 0 aromatic carbocycles. The number of hydrogen-bond acceptors (Lipinski definition) is 0. The summed E-state index contributed by atoms with van der Waals surface area (Å²) in [5.74, 6) is 0. The van der Waals surface area contributed by atoms with Crippen molar-refractivity contribution in [2.24, 2.45) is 0 Å². The van der Waals surface area contributed by atoms with Crippen LogP contribution in [0, 0.1) is 0 Å². The first-order valence-electron chi connectivity index (χ1n) is 19.0. The third-order valence-corrected chi connectivity index (χ3v) is 10.4. The first kappa shape index (κ1) is 42.6. The second-order valence-electron chi connectivity index (χ2n) is 13.4. The number of hydrogen-bond donors (Lipinski definition) is 0. The van der Waals surface area contributed by atoms with Crippen molar-refractivity contribution in [1.82, 2.24) is 0 Å². The van der Waals surface area contributed by atoms with Gasteiger partial charge >= 0.3 is 0 Å². The summed E-state index contributed by atoms with van der Waals surface area (Å²) in [6, 6.07) is 0. The highest BCUT2D eigenvalue weighted by Crippen LogP contribution is 2.41. The molecule has 1 nitrogen and oxygen atoms in total. The third-order valence-electron chi connectivity index (χ3n) is 10.4. The van der Waals surface area contributed by atoms with E-state index in [4.69, 9.17) is 0 Å². The summed E-state index contributed by atoms with van der Waals surface area (Å²) in [6.45, 7) is 18.7. The SMILES string of the molecule is Br.CCCCCCCCCC(CCCCCCCC)(CCCCCCCC)[N+](CC)(CC)CCCCCCCC. The van der Waals surface area contributed by atoms with E-state index in [2.05, 4.69) is 41.5 Å². The fourth-order valence-electron chi connectivity index (χ4n) is 7.61. The molecule has 0 rings (SSSR count). The van der Waals surface area contributed by atoms with Gasteiger partial charge in [-0.3, -0.25) is 0 Å². The van der Waals surface area contributed by atoms with Crippen molar-refractivity contribution < 1.29 is 4.48 Å². The lowest BCUT2D eigenvalue weighted by Gasteiger charge is -2.54. The van der Waals surface area contributed by atoms with Crippen LogP contribution >= 0.6 is 17.0 Å². The number of halogens is 1. The molecule has 0 bridgehead atoms. The van der Waals surface area contributed by atoms with Crippen molar-refractivity contribution in [1.29, 1.82) is 0 Å². The van der Waals surface area contributed by atoms with Gasteiger partial charge in [0.25, 0.3) is 0 Å². The van der Waals surface area contributed by atoms with Gasteiger partial charge in [-0.2, -0.15) is 0 Å². The van der Waals surface area contributed by atoms with Crippen LogP contribution in [0.15, 0.2) is 0 Å². The molecule has 0 aromatic rings. The molecule has 244 valence electrons. The van der Waals surface area contributed by atoms with Crippen LogP contribution in [-0.2, 0) is 0 Å². The van der Waals surface area contributed by atoms with E-state index < -0.39 is 0 Å². The zero-order valence-corrected chi connectivity index (χ0v) is 31.0. The Kier molecular flexibility index (Phi) is 32.9. The molecule has 0 fully saturated rings. The van der Waals surface area contributed by atoms with Gasteiger partial charge in [0.2, 0.25) is 0 Å². The Morgan fingerprint density at radius 2 is 0.575 bits per heavy atom. The number of rotatable bonds is 32. The zero-order valence-electron chi connectivity index (χ0n) is 29.3. The normalized spacial score (nSPS) is 12.2. The lowest BCUT2D eigenvalue weighted by molar-refractivity contribution is -0.975. The van der Waals surface area contributed by atoms with Gasteiger partial charge in [0.05, 0.1) is 25.2 Å². The molecular formula is C38H81BrN+. The number of unbranched alkanes of at least 4 members (excludes halogenated alkanes) is 21. The van der Waals surface area contributed by atoms with Crippen LogP contribution in [-0.4, -0.2) is 29.7 Å². The molecular weight excluding hydrogens is 550 g/mol. The molecule has 0 aliphatic heterocycles. The van der Waals surface area contributed by atoms with Crippen LogP contribution in [0.3, 0.4) is 0 Å².